The predicted octanol–water partition coefficient (Wildman–Crippen LogP) is 3.90. The lowest BCUT2D eigenvalue weighted by Crippen LogP contribution is -2.59. The fourth-order valence-electron chi connectivity index (χ4n) is 4.51. The summed E-state index contributed by atoms with van der Waals surface area (Å²) in [7, 11) is 0. The van der Waals surface area contributed by atoms with Crippen molar-refractivity contribution in [1.29, 1.82) is 0 Å². The molecule has 1 atom stereocenters. The van der Waals surface area contributed by atoms with Gasteiger partial charge in [-0.1, -0.05) is 48.5 Å². The maximum atomic E-state index is 12.5. The van der Waals surface area contributed by atoms with Crippen LogP contribution in [0, 0.1) is 5.41 Å². The SMILES string of the molecule is O=C(N[C@H]1CCC12CCN(CCc1ccccc1)CC2)c1ccccc1. The van der Waals surface area contributed by atoms with Gasteiger partial charge in [-0.2, -0.15) is 0 Å². The standard InChI is InChI=1S/C23H28N2O/c26-22(20-9-5-2-6-10-20)24-21-11-13-23(21)14-17-25(18-15-23)16-12-19-7-3-1-4-8-19/h1-10,21H,11-18H2,(H,24,26)/t21-/m0/s1. The number of rotatable bonds is 5. The molecule has 1 aliphatic carbocycles. The first-order valence-corrected chi connectivity index (χ1v) is 9.87. The summed E-state index contributed by atoms with van der Waals surface area (Å²) >= 11 is 0. The van der Waals surface area contributed by atoms with Crippen molar-refractivity contribution < 1.29 is 4.79 Å². The van der Waals surface area contributed by atoms with Gasteiger partial charge < -0.3 is 10.2 Å². The van der Waals surface area contributed by atoms with Gasteiger partial charge in [-0.25, -0.2) is 0 Å². The number of hydrogen-bond donors (Lipinski definition) is 1. The molecule has 136 valence electrons. The lowest BCUT2D eigenvalue weighted by Gasteiger charge is -2.54. The molecule has 3 nitrogen and oxygen atoms in total. The predicted molar refractivity (Wildman–Crippen MR) is 105 cm³/mol. The summed E-state index contributed by atoms with van der Waals surface area (Å²) in [6.07, 6.45) is 5.94. The van der Waals surface area contributed by atoms with Crippen LogP contribution in [0.15, 0.2) is 60.7 Å². The Hall–Kier alpha value is -2.13. The van der Waals surface area contributed by atoms with Gasteiger partial charge in [0.2, 0.25) is 0 Å². The number of carbonyl (C=O) groups excluding carboxylic acids is 1. The van der Waals surface area contributed by atoms with Crippen molar-refractivity contribution in [2.45, 2.75) is 38.1 Å². The van der Waals surface area contributed by atoms with Crippen LogP contribution in [0.4, 0.5) is 0 Å². The van der Waals surface area contributed by atoms with Crippen molar-refractivity contribution in [2.24, 2.45) is 5.41 Å². The van der Waals surface area contributed by atoms with Crippen LogP contribution < -0.4 is 5.32 Å². The van der Waals surface area contributed by atoms with Gasteiger partial charge in [-0.15, -0.1) is 0 Å². The van der Waals surface area contributed by atoms with Gasteiger partial charge in [0.15, 0.2) is 0 Å². The molecule has 3 heteroatoms. The maximum absolute atomic E-state index is 12.5. The van der Waals surface area contributed by atoms with E-state index in [1.165, 1.54) is 24.8 Å². The number of nitrogens with one attached hydrogen (secondary N) is 1. The lowest BCUT2D eigenvalue weighted by molar-refractivity contribution is -0.00472. The fourth-order valence-corrected chi connectivity index (χ4v) is 4.51. The summed E-state index contributed by atoms with van der Waals surface area (Å²) in [5.74, 6) is 0.0844. The number of hydrogen-bond acceptors (Lipinski definition) is 2. The van der Waals surface area contributed by atoms with E-state index in [1.54, 1.807) is 0 Å². The Bertz CT molecular complexity index is 720. The van der Waals surface area contributed by atoms with Gasteiger partial charge in [-0.05, 0) is 68.3 Å². The molecule has 2 fully saturated rings. The lowest BCUT2D eigenvalue weighted by atomic mass is 9.59. The molecule has 0 unspecified atom stereocenters. The van der Waals surface area contributed by atoms with Crippen molar-refractivity contribution in [3.8, 4) is 0 Å². The van der Waals surface area contributed by atoms with Crippen LogP contribution in [0.2, 0.25) is 0 Å². The van der Waals surface area contributed by atoms with E-state index >= 15 is 0 Å². The molecular weight excluding hydrogens is 320 g/mol. The molecule has 4 rings (SSSR count). The van der Waals surface area contributed by atoms with Gasteiger partial charge in [0.25, 0.3) is 5.91 Å². The van der Waals surface area contributed by atoms with Crippen molar-refractivity contribution in [2.75, 3.05) is 19.6 Å². The molecule has 2 aliphatic rings. The molecule has 1 heterocycles. The monoisotopic (exact) mass is 348 g/mol. The van der Waals surface area contributed by atoms with Crippen LogP contribution in [0.5, 0.6) is 0 Å². The van der Waals surface area contributed by atoms with Gasteiger partial charge in [0.1, 0.15) is 0 Å². The van der Waals surface area contributed by atoms with E-state index < -0.39 is 0 Å². The minimum Gasteiger partial charge on any atom is -0.349 e. The van der Waals surface area contributed by atoms with Gasteiger partial charge in [0, 0.05) is 18.2 Å². The molecule has 2 aromatic carbocycles. The number of piperidine rings is 1. The highest BCUT2D eigenvalue weighted by atomic mass is 16.1. The van der Waals surface area contributed by atoms with E-state index in [1.807, 2.05) is 30.3 Å². The Morgan fingerprint density at radius 1 is 0.962 bits per heavy atom. The molecule has 1 saturated carbocycles. The van der Waals surface area contributed by atoms with Crippen LogP contribution in [-0.2, 0) is 6.42 Å². The number of carbonyl (C=O) groups is 1. The Morgan fingerprint density at radius 3 is 2.23 bits per heavy atom. The Morgan fingerprint density at radius 2 is 1.62 bits per heavy atom. The van der Waals surface area contributed by atoms with Gasteiger partial charge in [-0.3, -0.25) is 4.79 Å². The molecule has 26 heavy (non-hydrogen) atoms. The summed E-state index contributed by atoms with van der Waals surface area (Å²) in [4.78, 5) is 15.1. The van der Waals surface area contributed by atoms with Crippen molar-refractivity contribution in [3.05, 3.63) is 71.8 Å². The number of benzene rings is 2. The zero-order valence-corrected chi connectivity index (χ0v) is 15.4. The van der Waals surface area contributed by atoms with Crippen LogP contribution in [0.1, 0.15) is 41.6 Å². The van der Waals surface area contributed by atoms with Crippen LogP contribution in [0.25, 0.3) is 0 Å². The zero-order chi connectivity index (χ0) is 17.8. The molecule has 1 spiro atoms. The summed E-state index contributed by atoms with van der Waals surface area (Å²) < 4.78 is 0. The minimum atomic E-state index is 0.0844. The second-order valence-corrected chi connectivity index (χ2v) is 7.87. The van der Waals surface area contributed by atoms with E-state index in [0.29, 0.717) is 11.5 Å². The quantitative estimate of drug-likeness (QED) is 0.889. The molecule has 0 radical (unpaired) electrons. The highest BCUT2D eigenvalue weighted by molar-refractivity contribution is 5.94. The van der Waals surface area contributed by atoms with Gasteiger partial charge >= 0.3 is 0 Å². The zero-order valence-electron chi connectivity index (χ0n) is 15.4. The minimum absolute atomic E-state index is 0.0844. The van der Waals surface area contributed by atoms with E-state index in [2.05, 4.69) is 40.5 Å². The largest absolute Gasteiger partial charge is 0.349 e. The van der Waals surface area contributed by atoms with E-state index in [0.717, 1.165) is 38.0 Å². The van der Waals surface area contributed by atoms with Crippen LogP contribution >= 0.6 is 0 Å². The highest BCUT2D eigenvalue weighted by Gasteiger charge is 2.48. The summed E-state index contributed by atoms with van der Waals surface area (Å²) in [6, 6.07) is 20.7. The first-order chi connectivity index (χ1) is 12.8. The average Bonchev–Trinajstić information content (AvgIpc) is 2.71. The Labute approximate surface area is 156 Å². The molecule has 0 bridgehead atoms. The third-order valence-electron chi connectivity index (χ3n) is 6.42. The Kier molecular flexibility index (Phi) is 5.07. The van der Waals surface area contributed by atoms with Crippen LogP contribution in [0.3, 0.4) is 0 Å². The van der Waals surface area contributed by atoms with E-state index in [9.17, 15) is 4.79 Å². The summed E-state index contributed by atoms with van der Waals surface area (Å²) in [5, 5.41) is 3.31. The number of amides is 1. The second kappa shape index (κ2) is 7.63. The molecule has 1 saturated heterocycles. The normalized spacial score (nSPS) is 21.9. The van der Waals surface area contributed by atoms with E-state index in [4.69, 9.17) is 0 Å². The third-order valence-corrected chi connectivity index (χ3v) is 6.42. The van der Waals surface area contributed by atoms with Crippen LogP contribution in [-0.4, -0.2) is 36.5 Å². The second-order valence-electron chi connectivity index (χ2n) is 7.87. The highest BCUT2D eigenvalue weighted by Crippen LogP contribution is 2.49. The molecule has 1 N–H and O–H groups in total. The molecule has 2 aromatic rings. The Balaban J connectivity index is 1.27. The number of nitrogens with zero attached hydrogens (tertiary/aromatic N) is 1. The summed E-state index contributed by atoms with van der Waals surface area (Å²) in [6.45, 7) is 3.45. The number of likely N-dealkylation sites (tertiary alicyclic amines) is 1. The fraction of sp³-hybridized carbons (Fsp3) is 0.435. The van der Waals surface area contributed by atoms with Crippen molar-refractivity contribution >= 4 is 5.91 Å². The summed E-state index contributed by atoms with van der Waals surface area (Å²) in [5.41, 5.74) is 2.53. The molecule has 1 aliphatic heterocycles. The van der Waals surface area contributed by atoms with Crippen molar-refractivity contribution in [1.82, 2.24) is 10.2 Å². The average molecular weight is 348 g/mol. The first kappa shape index (κ1) is 17.3. The van der Waals surface area contributed by atoms with Gasteiger partial charge in [0.05, 0.1) is 0 Å². The third kappa shape index (κ3) is 3.68. The van der Waals surface area contributed by atoms with Crippen molar-refractivity contribution in [3.63, 3.8) is 0 Å². The molecular formula is C23H28N2O. The molecule has 0 aromatic heterocycles. The topological polar surface area (TPSA) is 32.3 Å². The maximum Gasteiger partial charge on any atom is 0.251 e. The first-order valence-electron chi connectivity index (χ1n) is 9.87. The smallest absolute Gasteiger partial charge is 0.251 e. The van der Waals surface area contributed by atoms with E-state index in [-0.39, 0.29) is 5.91 Å². The molecule has 1 amide bonds.